The van der Waals surface area contributed by atoms with Gasteiger partial charge in [-0.1, -0.05) is 51.5 Å². The molecule has 1 atom stereocenters. The molecule has 4 aromatic rings. The standard InChI is InChI=1S/C22H19BrN4O/c1-28-22-18(12-16-11-17(23)9-10-19(16)24-22)21(15-5-3-2-4-6-15)27-13-20(25-26-27)14-7-8-14/h2-6,9-14,21H,7-8H2,1H3. The Labute approximate surface area is 171 Å². The van der Waals surface area contributed by atoms with Crippen molar-refractivity contribution in [2.24, 2.45) is 0 Å². The first-order valence-corrected chi connectivity index (χ1v) is 10.1. The van der Waals surface area contributed by atoms with Gasteiger partial charge in [-0.2, -0.15) is 0 Å². The molecule has 1 unspecified atom stereocenters. The highest BCUT2D eigenvalue weighted by atomic mass is 79.9. The van der Waals surface area contributed by atoms with E-state index < -0.39 is 0 Å². The van der Waals surface area contributed by atoms with Gasteiger partial charge >= 0.3 is 0 Å². The molecule has 5 nitrogen and oxygen atoms in total. The first-order valence-electron chi connectivity index (χ1n) is 9.34. The molecule has 6 heteroatoms. The minimum absolute atomic E-state index is 0.160. The number of hydrogen-bond donors (Lipinski definition) is 0. The van der Waals surface area contributed by atoms with Crippen LogP contribution in [0.3, 0.4) is 0 Å². The van der Waals surface area contributed by atoms with E-state index in [1.54, 1.807) is 7.11 Å². The highest BCUT2D eigenvalue weighted by Crippen LogP contribution is 2.40. The van der Waals surface area contributed by atoms with Crippen molar-refractivity contribution in [3.8, 4) is 5.88 Å². The minimum atomic E-state index is -0.160. The van der Waals surface area contributed by atoms with Crippen molar-refractivity contribution >= 4 is 26.8 Å². The van der Waals surface area contributed by atoms with Gasteiger partial charge < -0.3 is 4.74 Å². The average molecular weight is 435 g/mol. The Morgan fingerprint density at radius 1 is 1.11 bits per heavy atom. The molecule has 1 fully saturated rings. The van der Waals surface area contributed by atoms with Gasteiger partial charge in [0.15, 0.2) is 0 Å². The molecule has 0 aliphatic heterocycles. The van der Waals surface area contributed by atoms with Gasteiger partial charge in [0.1, 0.15) is 6.04 Å². The number of halogens is 1. The number of benzene rings is 2. The molecule has 5 rings (SSSR count). The van der Waals surface area contributed by atoms with Gasteiger partial charge in [-0.3, -0.25) is 0 Å². The second-order valence-corrected chi connectivity index (χ2v) is 8.05. The molecule has 0 saturated heterocycles. The van der Waals surface area contributed by atoms with Crippen LogP contribution in [0.2, 0.25) is 0 Å². The van der Waals surface area contributed by atoms with Crippen LogP contribution in [-0.2, 0) is 0 Å². The van der Waals surface area contributed by atoms with Crippen LogP contribution in [0.1, 0.15) is 41.6 Å². The predicted molar refractivity (Wildman–Crippen MR) is 112 cm³/mol. The van der Waals surface area contributed by atoms with Crippen LogP contribution in [0.4, 0.5) is 0 Å². The number of rotatable bonds is 5. The largest absolute Gasteiger partial charge is 0.481 e. The van der Waals surface area contributed by atoms with Crippen LogP contribution < -0.4 is 4.74 Å². The van der Waals surface area contributed by atoms with Gasteiger partial charge in [-0.25, -0.2) is 9.67 Å². The maximum absolute atomic E-state index is 5.69. The van der Waals surface area contributed by atoms with E-state index in [9.17, 15) is 0 Å². The second-order valence-electron chi connectivity index (χ2n) is 7.13. The maximum atomic E-state index is 5.69. The van der Waals surface area contributed by atoms with E-state index in [1.807, 2.05) is 35.0 Å². The summed E-state index contributed by atoms with van der Waals surface area (Å²) in [5.74, 6) is 1.16. The Hall–Kier alpha value is -2.73. The SMILES string of the molecule is COc1nc2ccc(Br)cc2cc1C(c1ccccc1)n1cc(C2CC2)nn1. The lowest BCUT2D eigenvalue weighted by Crippen LogP contribution is -2.15. The van der Waals surface area contributed by atoms with Crippen molar-refractivity contribution in [2.45, 2.75) is 24.8 Å². The molecule has 0 bridgehead atoms. The first-order chi connectivity index (χ1) is 13.7. The smallest absolute Gasteiger partial charge is 0.219 e. The molecular formula is C22H19BrN4O. The van der Waals surface area contributed by atoms with E-state index in [0.717, 1.165) is 32.2 Å². The van der Waals surface area contributed by atoms with Crippen molar-refractivity contribution in [2.75, 3.05) is 7.11 Å². The summed E-state index contributed by atoms with van der Waals surface area (Å²) in [6.07, 6.45) is 4.47. The number of hydrogen-bond acceptors (Lipinski definition) is 4. The summed E-state index contributed by atoms with van der Waals surface area (Å²) >= 11 is 3.56. The zero-order chi connectivity index (χ0) is 19.1. The van der Waals surface area contributed by atoms with Crippen molar-refractivity contribution in [1.82, 2.24) is 20.0 Å². The van der Waals surface area contributed by atoms with E-state index >= 15 is 0 Å². The Kier molecular flexibility index (Phi) is 4.36. The lowest BCUT2D eigenvalue weighted by atomic mass is 9.98. The Morgan fingerprint density at radius 2 is 1.93 bits per heavy atom. The fourth-order valence-electron chi connectivity index (χ4n) is 3.60. The normalized spacial score (nSPS) is 14.9. The molecule has 2 heterocycles. The third kappa shape index (κ3) is 3.18. The Morgan fingerprint density at radius 3 is 2.68 bits per heavy atom. The molecule has 2 aromatic heterocycles. The van der Waals surface area contributed by atoms with Gasteiger partial charge in [0, 0.05) is 27.5 Å². The van der Waals surface area contributed by atoms with Crippen LogP contribution in [0, 0.1) is 0 Å². The molecule has 0 amide bonds. The summed E-state index contributed by atoms with van der Waals surface area (Å²) in [4.78, 5) is 4.76. The van der Waals surface area contributed by atoms with Crippen LogP contribution >= 0.6 is 15.9 Å². The molecule has 0 N–H and O–H groups in total. The molecule has 1 aliphatic carbocycles. The lowest BCUT2D eigenvalue weighted by molar-refractivity contribution is 0.387. The van der Waals surface area contributed by atoms with Gasteiger partial charge in [-0.05, 0) is 42.7 Å². The number of ether oxygens (including phenoxy) is 1. The van der Waals surface area contributed by atoms with Crippen LogP contribution in [0.15, 0.2) is 65.3 Å². The van der Waals surface area contributed by atoms with Crippen molar-refractivity contribution < 1.29 is 4.74 Å². The summed E-state index contributed by atoms with van der Waals surface area (Å²) in [5, 5.41) is 9.95. The third-order valence-corrected chi connectivity index (χ3v) is 5.65. The monoisotopic (exact) mass is 434 g/mol. The molecule has 1 saturated carbocycles. The van der Waals surface area contributed by atoms with Crippen molar-refractivity contribution in [3.63, 3.8) is 0 Å². The van der Waals surface area contributed by atoms with Crippen LogP contribution in [0.5, 0.6) is 5.88 Å². The molecule has 140 valence electrons. The van der Waals surface area contributed by atoms with E-state index in [4.69, 9.17) is 9.72 Å². The summed E-state index contributed by atoms with van der Waals surface area (Å²) in [7, 11) is 1.66. The average Bonchev–Trinajstić information content (AvgIpc) is 3.47. The maximum Gasteiger partial charge on any atom is 0.219 e. The molecule has 0 radical (unpaired) electrons. The van der Waals surface area contributed by atoms with E-state index in [-0.39, 0.29) is 6.04 Å². The number of fused-ring (bicyclic) bond motifs is 1. The molecule has 28 heavy (non-hydrogen) atoms. The summed E-state index contributed by atoms with van der Waals surface area (Å²) in [5.41, 5.74) is 4.04. The second kappa shape index (κ2) is 7.02. The third-order valence-electron chi connectivity index (χ3n) is 5.16. The fraction of sp³-hybridized carbons (Fsp3) is 0.227. The summed E-state index contributed by atoms with van der Waals surface area (Å²) < 4.78 is 8.65. The Bertz CT molecular complexity index is 1140. The number of methoxy groups -OCH3 is 1. The predicted octanol–water partition coefficient (Wildman–Crippen LogP) is 5.11. The topological polar surface area (TPSA) is 52.8 Å². The molecule has 0 spiro atoms. The first kappa shape index (κ1) is 17.4. The fourth-order valence-corrected chi connectivity index (χ4v) is 3.98. The number of aromatic nitrogens is 4. The van der Waals surface area contributed by atoms with Gasteiger partial charge in [0.05, 0.1) is 18.3 Å². The zero-order valence-electron chi connectivity index (χ0n) is 15.4. The van der Waals surface area contributed by atoms with E-state index in [1.165, 1.54) is 12.8 Å². The molecule has 1 aliphatic rings. The highest BCUT2D eigenvalue weighted by Gasteiger charge is 2.29. The van der Waals surface area contributed by atoms with Gasteiger partial charge in [0.2, 0.25) is 5.88 Å². The lowest BCUT2D eigenvalue weighted by Gasteiger charge is -2.20. The summed E-state index contributed by atoms with van der Waals surface area (Å²) in [6, 6.07) is 18.3. The summed E-state index contributed by atoms with van der Waals surface area (Å²) in [6.45, 7) is 0. The number of nitrogens with zero attached hydrogens (tertiary/aromatic N) is 4. The molecule has 2 aromatic carbocycles. The zero-order valence-corrected chi connectivity index (χ0v) is 17.0. The number of pyridine rings is 1. The van der Waals surface area contributed by atoms with Crippen LogP contribution in [0.25, 0.3) is 10.9 Å². The quantitative estimate of drug-likeness (QED) is 0.437. The van der Waals surface area contributed by atoms with Gasteiger partial charge in [-0.15, -0.1) is 5.10 Å². The van der Waals surface area contributed by atoms with Crippen LogP contribution in [-0.4, -0.2) is 27.1 Å². The molecular weight excluding hydrogens is 416 g/mol. The van der Waals surface area contributed by atoms with Crippen molar-refractivity contribution in [3.05, 3.63) is 82.1 Å². The minimum Gasteiger partial charge on any atom is -0.481 e. The van der Waals surface area contributed by atoms with Gasteiger partial charge in [0.25, 0.3) is 0 Å². The van der Waals surface area contributed by atoms with E-state index in [0.29, 0.717) is 11.8 Å². The van der Waals surface area contributed by atoms with E-state index in [2.05, 4.69) is 56.7 Å². The van der Waals surface area contributed by atoms with Crippen molar-refractivity contribution in [1.29, 1.82) is 0 Å². The Balaban J connectivity index is 1.71. The highest BCUT2D eigenvalue weighted by molar-refractivity contribution is 9.10.